The van der Waals surface area contributed by atoms with Crippen LogP contribution in [-0.2, 0) is 4.79 Å². The Labute approximate surface area is 123 Å². The molecular weight excluding hydrogens is 304 g/mol. The SMILES string of the molecule is COc1c(C)c(C)c(Br)c(C)c1C1CCC(=O)CC1. The van der Waals surface area contributed by atoms with Crippen LogP contribution in [0.3, 0.4) is 0 Å². The van der Waals surface area contributed by atoms with E-state index in [1.54, 1.807) is 7.11 Å². The maximum Gasteiger partial charge on any atom is 0.132 e. The molecule has 0 aromatic heterocycles. The second kappa shape index (κ2) is 5.66. The van der Waals surface area contributed by atoms with Crippen molar-refractivity contribution in [2.45, 2.75) is 52.4 Å². The average Bonchev–Trinajstić information content (AvgIpc) is 2.41. The summed E-state index contributed by atoms with van der Waals surface area (Å²) in [6.45, 7) is 6.36. The third-order valence-corrected chi connectivity index (χ3v) is 5.56. The number of ether oxygens (including phenoxy) is 1. The summed E-state index contributed by atoms with van der Waals surface area (Å²) in [6, 6.07) is 0. The molecule has 0 heterocycles. The molecule has 1 fully saturated rings. The predicted molar refractivity (Wildman–Crippen MR) is 81.1 cm³/mol. The second-order valence-corrected chi connectivity index (χ2v) is 6.24. The first-order chi connectivity index (χ1) is 8.97. The van der Waals surface area contributed by atoms with Crippen LogP contribution in [0, 0.1) is 20.8 Å². The maximum atomic E-state index is 11.4. The second-order valence-electron chi connectivity index (χ2n) is 5.45. The Morgan fingerprint density at radius 1 is 1.05 bits per heavy atom. The summed E-state index contributed by atoms with van der Waals surface area (Å²) in [7, 11) is 1.74. The van der Waals surface area contributed by atoms with Gasteiger partial charge in [-0.05, 0) is 56.2 Å². The van der Waals surface area contributed by atoms with Gasteiger partial charge in [0.25, 0.3) is 0 Å². The number of hydrogen-bond donors (Lipinski definition) is 0. The normalized spacial score (nSPS) is 16.8. The number of ketones is 1. The van der Waals surface area contributed by atoms with Gasteiger partial charge in [-0.25, -0.2) is 0 Å². The van der Waals surface area contributed by atoms with E-state index in [-0.39, 0.29) is 0 Å². The van der Waals surface area contributed by atoms with Crippen molar-refractivity contribution in [3.05, 3.63) is 26.7 Å². The highest BCUT2D eigenvalue weighted by atomic mass is 79.9. The van der Waals surface area contributed by atoms with Crippen molar-refractivity contribution in [2.75, 3.05) is 7.11 Å². The first-order valence-corrected chi connectivity index (χ1v) is 7.61. The quantitative estimate of drug-likeness (QED) is 0.794. The fourth-order valence-electron chi connectivity index (χ4n) is 3.09. The largest absolute Gasteiger partial charge is 0.496 e. The van der Waals surface area contributed by atoms with Gasteiger partial charge in [-0.3, -0.25) is 4.79 Å². The minimum atomic E-state index is 0.399. The Balaban J connectivity index is 2.52. The summed E-state index contributed by atoms with van der Waals surface area (Å²) in [4.78, 5) is 11.4. The van der Waals surface area contributed by atoms with E-state index >= 15 is 0 Å². The lowest BCUT2D eigenvalue weighted by Gasteiger charge is -2.27. The number of Topliss-reactive ketones (excluding diaryl/α,β-unsaturated/α-hetero) is 1. The Kier molecular flexibility index (Phi) is 4.34. The zero-order valence-corrected chi connectivity index (χ0v) is 13.7. The van der Waals surface area contributed by atoms with E-state index in [0.29, 0.717) is 24.5 Å². The lowest BCUT2D eigenvalue weighted by molar-refractivity contribution is -0.120. The summed E-state index contributed by atoms with van der Waals surface area (Å²) < 4.78 is 6.85. The van der Waals surface area contributed by atoms with Gasteiger partial charge in [0.1, 0.15) is 11.5 Å². The molecule has 1 aromatic rings. The summed E-state index contributed by atoms with van der Waals surface area (Å²) in [5, 5.41) is 0. The third kappa shape index (κ3) is 2.58. The molecule has 3 heteroatoms. The molecule has 0 bridgehead atoms. The van der Waals surface area contributed by atoms with Crippen LogP contribution in [0.2, 0.25) is 0 Å². The molecule has 0 N–H and O–H groups in total. The highest BCUT2D eigenvalue weighted by Gasteiger charge is 2.27. The van der Waals surface area contributed by atoms with Crippen molar-refractivity contribution < 1.29 is 9.53 Å². The van der Waals surface area contributed by atoms with Crippen molar-refractivity contribution in [2.24, 2.45) is 0 Å². The number of carbonyl (C=O) groups is 1. The van der Waals surface area contributed by atoms with Crippen LogP contribution in [0.4, 0.5) is 0 Å². The molecule has 0 saturated heterocycles. The van der Waals surface area contributed by atoms with Crippen LogP contribution in [0.15, 0.2) is 4.47 Å². The van der Waals surface area contributed by atoms with Crippen LogP contribution in [0.5, 0.6) is 5.75 Å². The van der Waals surface area contributed by atoms with Crippen molar-refractivity contribution in [1.82, 2.24) is 0 Å². The summed E-state index contributed by atoms with van der Waals surface area (Å²) in [5.74, 6) is 1.86. The molecule has 2 rings (SSSR count). The first-order valence-electron chi connectivity index (χ1n) is 6.82. The van der Waals surface area contributed by atoms with Crippen LogP contribution in [-0.4, -0.2) is 12.9 Å². The smallest absolute Gasteiger partial charge is 0.132 e. The molecule has 0 radical (unpaired) electrons. The lowest BCUT2D eigenvalue weighted by Crippen LogP contribution is -2.15. The lowest BCUT2D eigenvalue weighted by atomic mass is 9.80. The van der Waals surface area contributed by atoms with Gasteiger partial charge in [-0.2, -0.15) is 0 Å². The fourth-order valence-corrected chi connectivity index (χ4v) is 3.60. The zero-order chi connectivity index (χ0) is 14.2. The van der Waals surface area contributed by atoms with Crippen LogP contribution in [0.1, 0.15) is 53.9 Å². The molecule has 0 atom stereocenters. The Hall–Kier alpha value is -0.830. The van der Waals surface area contributed by atoms with Crippen molar-refractivity contribution >= 4 is 21.7 Å². The van der Waals surface area contributed by atoms with Gasteiger partial charge in [0.2, 0.25) is 0 Å². The number of hydrogen-bond acceptors (Lipinski definition) is 2. The number of halogens is 1. The number of benzene rings is 1. The highest BCUT2D eigenvalue weighted by molar-refractivity contribution is 9.10. The Morgan fingerprint density at radius 3 is 2.16 bits per heavy atom. The molecule has 1 saturated carbocycles. The Morgan fingerprint density at radius 2 is 1.63 bits per heavy atom. The molecule has 1 aliphatic rings. The van der Waals surface area contributed by atoms with E-state index in [1.807, 2.05) is 0 Å². The van der Waals surface area contributed by atoms with Gasteiger partial charge >= 0.3 is 0 Å². The average molecular weight is 325 g/mol. The number of methoxy groups -OCH3 is 1. The molecule has 104 valence electrons. The fraction of sp³-hybridized carbons (Fsp3) is 0.562. The van der Waals surface area contributed by atoms with Gasteiger partial charge in [0.05, 0.1) is 7.11 Å². The molecular formula is C16H21BrO2. The van der Waals surface area contributed by atoms with Gasteiger partial charge in [0, 0.05) is 22.9 Å². The first kappa shape index (κ1) is 14.6. The molecule has 19 heavy (non-hydrogen) atoms. The van der Waals surface area contributed by atoms with Crippen LogP contribution in [0.25, 0.3) is 0 Å². The summed E-state index contributed by atoms with van der Waals surface area (Å²) >= 11 is 3.70. The van der Waals surface area contributed by atoms with E-state index in [4.69, 9.17) is 4.74 Å². The van der Waals surface area contributed by atoms with Gasteiger partial charge in [-0.15, -0.1) is 0 Å². The van der Waals surface area contributed by atoms with Gasteiger partial charge in [-0.1, -0.05) is 15.9 Å². The highest BCUT2D eigenvalue weighted by Crippen LogP contribution is 2.44. The number of rotatable bonds is 2. The topological polar surface area (TPSA) is 26.3 Å². The van der Waals surface area contributed by atoms with Gasteiger partial charge < -0.3 is 4.74 Å². The van der Waals surface area contributed by atoms with E-state index in [2.05, 4.69) is 36.7 Å². The molecule has 1 aromatic carbocycles. The molecule has 0 amide bonds. The monoisotopic (exact) mass is 324 g/mol. The van der Waals surface area contributed by atoms with E-state index in [1.165, 1.54) is 26.7 Å². The molecule has 1 aliphatic carbocycles. The molecule has 2 nitrogen and oxygen atoms in total. The van der Waals surface area contributed by atoms with Crippen molar-refractivity contribution in [1.29, 1.82) is 0 Å². The molecule has 0 unspecified atom stereocenters. The standard InChI is InChI=1S/C16H21BrO2/c1-9-10(2)16(19-4)14(11(3)15(9)17)12-5-7-13(18)8-6-12/h12H,5-8H2,1-4H3. The predicted octanol–water partition coefficient (Wildman–Crippen LogP) is 4.61. The maximum absolute atomic E-state index is 11.4. The van der Waals surface area contributed by atoms with Crippen LogP contribution >= 0.6 is 15.9 Å². The zero-order valence-electron chi connectivity index (χ0n) is 12.1. The van der Waals surface area contributed by atoms with E-state index < -0.39 is 0 Å². The summed E-state index contributed by atoms with van der Waals surface area (Å²) in [5.41, 5.74) is 5.00. The van der Waals surface area contributed by atoms with E-state index in [0.717, 1.165) is 18.6 Å². The minimum absolute atomic E-state index is 0.399. The number of carbonyl (C=O) groups excluding carboxylic acids is 1. The van der Waals surface area contributed by atoms with Crippen LogP contribution < -0.4 is 4.74 Å². The minimum Gasteiger partial charge on any atom is -0.496 e. The summed E-state index contributed by atoms with van der Waals surface area (Å²) in [6.07, 6.45) is 3.31. The molecule has 0 aliphatic heterocycles. The van der Waals surface area contributed by atoms with Crippen molar-refractivity contribution in [3.63, 3.8) is 0 Å². The third-order valence-electron chi connectivity index (χ3n) is 4.37. The van der Waals surface area contributed by atoms with E-state index in [9.17, 15) is 4.79 Å². The molecule has 0 spiro atoms. The Bertz CT molecular complexity index is 510. The van der Waals surface area contributed by atoms with Gasteiger partial charge in [0.15, 0.2) is 0 Å². The van der Waals surface area contributed by atoms with Crippen molar-refractivity contribution in [3.8, 4) is 5.75 Å².